The van der Waals surface area contributed by atoms with E-state index >= 15 is 0 Å². The van der Waals surface area contributed by atoms with Gasteiger partial charge in [-0.05, 0) is 12.3 Å². The van der Waals surface area contributed by atoms with Crippen LogP contribution in [0.25, 0.3) is 0 Å². The second-order valence-corrected chi connectivity index (χ2v) is 4.50. The molecule has 1 aliphatic carbocycles. The summed E-state index contributed by atoms with van der Waals surface area (Å²) in [4.78, 5) is 13.0. The first-order valence-electron chi connectivity index (χ1n) is 5.40. The summed E-state index contributed by atoms with van der Waals surface area (Å²) in [6.45, 7) is 1.01. The Bertz CT molecular complexity index is 270. The van der Waals surface area contributed by atoms with Gasteiger partial charge < -0.3 is 10.6 Å². The zero-order valence-electron chi connectivity index (χ0n) is 8.59. The van der Waals surface area contributed by atoms with Crippen LogP contribution < -0.4 is 5.73 Å². The van der Waals surface area contributed by atoms with E-state index in [9.17, 15) is 13.6 Å². The molecule has 0 bridgehead atoms. The molecule has 1 aliphatic heterocycles. The Morgan fingerprint density at radius 3 is 2.80 bits per heavy atom. The molecule has 2 unspecified atom stereocenters. The van der Waals surface area contributed by atoms with Crippen molar-refractivity contribution < 1.29 is 13.6 Å². The molecule has 1 saturated carbocycles. The van der Waals surface area contributed by atoms with Crippen LogP contribution in [0.15, 0.2) is 0 Å². The van der Waals surface area contributed by atoms with E-state index in [1.54, 1.807) is 4.90 Å². The van der Waals surface area contributed by atoms with Crippen molar-refractivity contribution in [1.29, 1.82) is 0 Å². The van der Waals surface area contributed by atoms with Crippen molar-refractivity contribution in [3.8, 4) is 0 Å². The summed E-state index contributed by atoms with van der Waals surface area (Å²) < 4.78 is 26.7. The summed E-state index contributed by atoms with van der Waals surface area (Å²) in [5.74, 6) is -3.26. The number of halogens is 2. The van der Waals surface area contributed by atoms with E-state index in [2.05, 4.69) is 0 Å². The summed E-state index contributed by atoms with van der Waals surface area (Å²) >= 11 is 0. The molecule has 86 valence electrons. The van der Waals surface area contributed by atoms with Gasteiger partial charge in [-0.3, -0.25) is 4.79 Å². The fourth-order valence-electron chi connectivity index (χ4n) is 2.69. The van der Waals surface area contributed by atoms with E-state index in [0.29, 0.717) is 19.5 Å². The standard InChI is InChI=1S/C10H16F2N2O/c11-10(12)3-1-7-5-14(6-8(7)10)9(15)2-4-13/h7-8H,1-6,13H2. The summed E-state index contributed by atoms with van der Waals surface area (Å²) in [5, 5.41) is 0. The first-order chi connectivity index (χ1) is 7.04. The maximum absolute atomic E-state index is 13.4. The molecule has 0 aromatic heterocycles. The van der Waals surface area contributed by atoms with E-state index in [1.807, 2.05) is 0 Å². The number of nitrogens with zero attached hydrogens (tertiary/aromatic N) is 1. The average molecular weight is 218 g/mol. The van der Waals surface area contributed by atoms with Crippen molar-refractivity contribution in [2.75, 3.05) is 19.6 Å². The Balaban J connectivity index is 1.98. The predicted octanol–water partition coefficient (Wildman–Crippen LogP) is 0.839. The Morgan fingerprint density at radius 1 is 1.47 bits per heavy atom. The molecule has 0 aromatic carbocycles. The van der Waals surface area contributed by atoms with Crippen LogP contribution in [0.4, 0.5) is 8.78 Å². The largest absolute Gasteiger partial charge is 0.342 e. The molecule has 5 heteroatoms. The van der Waals surface area contributed by atoms with Crippen molar-refractivity contribution in [3.63, 3.8) is 0 Å². The highest BCUT2D eigenvalue weighted by Gasteiger charge is 2.54. The van der Waals surface area contributed by atoms with Gasteiger partial charge in [0.05, 0.1) is 0 Å². The summed E-state index contributed by atoms with van der Waals surface area (Å²) in [7, 11) is 0. The number of carbonyl (C=O) groups is 1. The highest BCUT2D eigenvalue weighted by molar-refractivity contribution is 5.76. The number of likely N-dealkylation sites (tertiary alicyclic amines) is 1. The van der Waals surface area contributed by atoms with Crippen LogP contribution in [0.1, 0.15) is 19.3 Å². The molecule has 2 N–H and O–H groups in total. The Labute approximate surface area is 87.6 Å². The number of carbonyl (C=O) groups excluding carboxylic acids is 1. The lowest BCUT2D eigenvalue weighted by Crippen LogP contribution is -2.33. The molecule has 1 amide bonds. The van der Waals surface area contributed by atoms with Crippen LogP contribution in [-0.4, -0.2) is 36.4 Å². The minimum absolute atomic E-state index is 0.00160. The molecule has 3 nitrogen and oxygen atoms in total. The molecule has 0 spiro atoms. The minimum atomic E-state index is -2.57. The summed E-state index contributed by atoms with van der Waals surface area (Å²) in [6.07, 6.45) is 0.802. The van der Waals surface area contributed by atoms with E-state index in [0.717, 1.165) is 0 Å². The Morgan fingerprint density at radius 2 is 2.20 bits per heavy atom. The third kappa shape index (κ3) is 1.85. The van der Waals surface area contributed by atoms with Gasteiger partial charge in [-0.25, -0.2) is 8.78 Å². The third-order valence-corrected chi connectivity index (χ3v) is 3.54. The monoisotopic (exact) mass is 218 g/mol. The van der Waals surface area contributed by atoms with Crippen molar-refractivity contribution in [3.05, 3.63) is 0 Å². The van der Waals surface area contributed by atoms with Gasteiger partial charge in [0.25, 0.3) is 5.92 Å². The zero-order chi connectivity index (χ0) is 11.1. The number of alkyl halides is 2. The van der Waals surface area contributed by atoms with Crippen molar-refractivity contribution in [2.24, 2.45) is 17.6 Å². The fourth-order valence-corrected chi connectivity index (χ4v) is 2.69. The number of nitrogens with two attached hydrogens (primary N) is 1. The van der Waals surface area contributed by atoms with E-state index in [1.165, 1.54) is 0 Å². The van der Waals surface area contributed by atoms with E-state index in [-0.39, 0.29) is 31.2 Å². The van der Waals surface area contributed by atoms with Gasteiger partial charge in [0.2, 0.25) is 5.91 Å². The van der Waals surface area contributed by atoms with Gasteiger partial charge in [0, 0.05) is 38.4 Å². The number of hydrogen-bond acceptors (Lipinski definition) is 2. The lowest BCUT2D eigenvalue weighted by molar-refractivity contribution is -0.130. The highest BCUT2D eigenvalue weighted by atomic mass is 19.3. The van der Waals surface area contributed by atoms with Gasteiger partial charge in [0.1, 0.15) is 0 Å². The quantitative estimate of drug-likeness (QED) is 0.746. The molecular weight excluding hydrogens is 202 g/mol. The second-order valence-electron chi connectivity index (χ2n) is 4.50. The predicted molar refractivity (Wildman–Crippen MR) is 51.4 cm³/mol. The normalized spacial score (nSPS) is 33.1. The molecule has 2 fully saturated rings. The van der Waals surface area contributed by atoms with Gasteiger partial charge in [-0.15, -0.1) is 0 Å². The van der Waals surface area contributed by atoms with Crippen LogP contribution in [0.2, 0.25) is 0 Å². The first-order valence-corrected chi connectivity index (χ1v) is 5.40. The van der Waals surface area contributed by atoms with Gasteiger partial charge >= 0.3 is 0 Å². The number of fused-ring (bicyclic) bond motifs is 1. The molecule has 1 saturated heterocycles. The number of hydrogen-bond donors (Lipinski definition) is 1. The zero-order valence-corrected chi connectivity index (χ0v) is 8.59. The Kier molecular flexibility index (Phi) is 2.66. The number of rotatable bonds is 2. The van der Waals surface area contributed by atoms with Crippen LogP contribution in [0, 0.1) is 11.8 Å². The highest BCUT2D eigenvalue weighted by Crippen LogP contribution is 2.48. The van der Waals surface area contributed by atoms with Gasteiger partial charge in [-0.2, -0.15) is 0 Å². The molecule has 2 aliphatic rings. The van der Waals surface area contributed by atoms with E-state index < -0.39 is 11.8 Å². The van der Waals surface area contributed by atoms with Crippen molar-refractivity contribution in [2.45, 2.75) is 25.2 Å². The first kappa shape index (κ1) is 10.8. The molecule has 2 atom stereocenters. The smallest absolute Gasteiger partial charge is 0.252 e. The van der Waals surface area contributed by atoms with Gasteiger partial charge in [-0.1, -0.05) is 0 Å². The SMILES string of the molecule is NCCC(=O)N1CC2CCC(F)(F)C2C1. The molecule has 0 radical (unpaired) electrons. The van der Waals surface area contributed by atoms with Gasteiger partial charge in [0.15, 0.2) is 0 Å². The topological polar surface area (TPSA) is 46.3 Å². The molecule has 2 rings (SSSR count). The minimum Gasteiger partial charge on any atom is -0.342 e. The van der Waals surface area contributed by atoms with Crippen LogP contribution in [-0.2, 0) is 4.79 Å². The molecule has 0 aromatic rings. The van der Waals surface area contributed by atoms with Crippen LogP contribution in [0.3, 0.4) is 0 Å². The second kappa shape index (κ2) is 3.70. The molecular formula is C10H16F2N2O. The lowest BCUT2D eigenvalue weighted by Gasteiger charge is -2.20. The average Bonchev–Trinajstić information content (AvgIpc) is 2.68. The van der Waals surface area contributed by atoms with Crippen LogP contribution >= 0.6 is 0 Å². The summed E-state index contributed by atoms with van der Waals surface area (Å²) in [5.41, 5.74) is 5.27. The summed E-state index contributed by atoms with van der Waals surface area (Å²) in [6, 6.07) is 0. The van der Waals surface area contributed by atoms with Crippen molar-refractivity contribution in [1.82, 2.24) is 4.90 Å². The maximum atomic E-state index is 13.4. The molecule has 15 heavy (non-hydrogen) atoms. The number of amides is 1. The van der Waals surface area contributed by atoms with Crippen LogP contribution in [0.5, 0.6) is 0 Å². The third-order valence-electron chi connectivity index (χ3n) is 3.54. The van der Waals surface area contributed by atoms with E-state index in [4.69, 9.17) is 5.73 Å². The molecule has 1 heterocycles. The Hall–Kier alpha value is -0.710. The maximum Gasteiger partial charge on any atom is 0.252 e. The van der Waals surface area contributed by atoms with Crippen molar-refractivity contribution >= 4 is 5.91 Å². The fraction of sp³-hybridized carbons (Fsp3) is 0.900. The lowest BCUT2D eigenvalue weighted by atomic mass is 9.99.